The van der Waals surface area contributed by atoms with Gasteiger partial charge in [0.2, 0.25) is 17.7 Å². The van der Waals surface area contributed by atoms with Crippen LogP contribution in [0, 0.1) is 17.8 Å². The third kappa shape index (κ3) is 10.1. The maximum atomic E-state index is 13.1. The lowest BCUT2D eigenvalue weighted by molar-refractivity contribution is -0.144. The Kier molecular flexibility index (Phi) is 12.7. The Hall–Kier alpha value is -3.37. The number of carbonyl (C=O) groups is 5. The molecule has 0 spiro atoms. The van der Waals surface area contributed by atoms with Crippen LogP contribution >= 0.6 is 0 Å². The van der Waals surface area contributed by atoms with E-state index >= 15 is 0 Å². The van der Waals surface area contributed by atoms with Crippen molar-refractivity contribution in [2.24, 2.45) is 17.8 Å². The van der Waals surface area contributed by atoms with Crippen LogP contribution in [0.2, 0.25) is 0 Å². The zero-order valence-electron chi connectivity index (χ0n) is 22.2. The molecule has 0 aliphatic carbocycles. The third-order valence-corrected chi connectivity index (χ3v) is 5.65. The first-order valence-corrected chi connectivity index (χ1v) is 12.3. The Morgan fingerprint density at radius 2 is 1.58 bits per heavy atom. The number of ether oxygens (including phenoxy) is 1. The summed E-state index contributed by atoms with van der Waals surface area (Å²) in [6, 6.07) is -3.98. The van der Waals surface area contributed by atoms with Crippen molar-refractivity contribution in [3.8, 4) is 0 Å². The number of methoxy groups -OCH3 is 1. The minimum Gasteiger partial charge on any atom is -0.467 e. The molecule has 4 atom stereocenters. The van der Waals surface area contributed by atoms with Gasteiger partial charge in [0, 0.05) is 18.7 Å². The normalized spacial score (nSPS) is 22.3. The summed E-state index contributed by atoms with van der Waals surface area (Å²) in [6.45, 7) is 11.2. The van der Waals surface area contributed by atoms with Crippen LogP contribution in [-0.4, -0.2) is 67.5 Å². The van der Waals surface area contributed by atoms with Gasteiger partial charge in [0.25, 0.3) is 0 Å². The molecule has 5 amide bonds. The zero-order chi connectivity index (χ0) is 27.4. The SMILES string of the molecule is COC(=O)[C@@H](NC(=O)N[C@H](C(=O)N[C@H]1/C=C/CCNC(=O)/C=C/[C@H](C(C)C)NC1=O)C(C)C)C(C)C. The van der Waals surface area contributed by atoms with Crippen molar-refractivity contribution in [3.63, 3.8) is 0 Å². The average molecular weight is 508 g/mol. The Balaban J connectivity index is 3.02. The second-order valence-electron chi connectivity index (χ2n) is 9.72. The average Bonchev–Trinajstić information content (AvgIpc) is 2.80. The lowest BCUT2D eigenvalue weighted by Crippen LogP contribution is -2.58. The summed E-state index contributed by atoms with van der Waals surface area (Å²) in [6.07, 6.45) is 6.74. The van der Waals surface area contributed by atoms with Crippen molar-refractivity contribution < 1.29 is 28.7 Å². The number of hydrogen-bond donors (Lipinski definition) is 5. The molecule has 1 rings (SSSR count). The first kappa shape index (κ1) is 30.7. The van der Waals surface area contributed by atoms with E-state index in [9.17, 15) is 24.0 Å². The molecule has 1 aliphatic rings. The second kappa shape index (κ2) is 14.9. The summed E-state index contributed by atoms with van der Waals surface area (Å²) >= 11 is 0. The van der Waals surface area contributed by atoms with Crippen LogP contribution < -0.4 is 26.6 Å². The lowest BCUT2D eigenvalue weighted by atomic mass is 10.0. The topological polar surface area (TPSA) is 155 Å². The van der Waals surface area contributed by atoms with Gasteiger partial charge >= 0.3 is 12.0 Å². The molecule has 11 heteroatoms. The van der Waals surface area contributed by atoms with E-state index in [4.69, 9.17) is 4.74 Å². The van der Waals surface area contributed by atoms with Gasteiger partial charge in [-0.25, -0.2) is 9.59 Å². The molecule has 0 aromatic heterocycles. The van der Waals surface area contributed by atoms with Gasteiger partial charge in [-0.2, -0.15) is 0 Å². The maximum Gasteiger partial charge on any atom is 0.328 e. The van der Waals surface area contributed by atoms with Gasteiger partial charge in [-0.1, -0.05) is 59.8 Å². The van der Waals surface area contributed by atoms with Crippen LogP contribution in [0.4, 0.5) is 4.79 Å². The number of rotatable bonds is 8. The largest absolute Gasteiger partial charge is 0.467 e. The Morgan fingerprint density at radius 3 is 2.14 bits per heavy atom. The van der Waals surface area contributed by atoms with Crippen molar-refractivity contribution in [3.05, 3.63) is 24.3 Å². The first-order valence-electron chi connectivity index (χ1n) is 12.3. The number of hydrogen-bond acceptors (Lipinski definition) is 6. The molecule has 36 heavy (non-hydrogen) atoms. The standard InChI is InChI=1S/C25H41N5O6/c1-14(2)17-11-12-19(31)26-13-9-8-10-18(22(32)27-17)28-23(33)20(15(3)4)29-25(35)30-21(16(5)6)24(34)36-7/h8,10-12,14-18,20-21H,9,13H2,1-7H3,(H,26,31)(H,27,32)(H,28,33)(H2,29,30,35)/b10-8+,12-11+/t17-,18+,20+,21+/m1/s1. The number of amides is 5. The van der Waals surface area contributed by atoms with Gasteiger partial charge in [-0.15, -0.1) is 0 Å². The maximum absolute atomic E-state index is 13.1. The third-order valence-electron chi connectivity index (χ3n) is 5.65. The van der Waals surface area contributed by atoms with Gasteiger partial charge in [-0.3, -0.25) is 14.4 Å². The molecule has 202 valence electrons. The van der Waals surface area contributed by atoms with Crippen molar-refractivity contribution in [1.29, 1.82) is 0 Å². The van der Waals surface area contributed by atoms with E-state index < -0.39 is 48.0 Å². The number of carbonyl (C=O) groups excluding carboxylic acids is 5. The van der Waals surface area contributed by atoms with Crippen molar-refractivity contribution in [2.45, 2.75) is 72.1 Å². The minimum absolute atomic E-state index is 0.00115. The highest BCUT2D eigenvalue weighted by atomic mass is 16.5. The number of esters is 1. The molecular formula is C25H41N5O6. The summed E-state index contributed by atoms with van der Waals surface area (Å²) in [5.41, 5.74) is 0. The molecule has 0 bridgehead atoms. The van der Waals surface area contributed by atoms with Crippen molar-refractivity contribution >= 4 is 29.7 Å². The Labute approximate surface area is 213 Å². The summed E-state index contributed by atoms with van der Waals surface area (Å²) in [7, 11) is 1.23. The fraction of sp³-hybridized carbons (Fsp3) is 0.640. The van der Waals surface area contributed by atoms with E-state index in [2.05, 4.69) is 26.6 Å². The molecule has 0 saturated heterocycles. The van der Waals surface area contributed by atoms with Gasteiger partial charge in [0.05, 0.1) is 7.11 Å². The van der Waals surface area contributed by atoms with Crippen molar-refractivity contribution in [1.82, 2.24) is 26.6 Å². The number of urea groups is 1. The molecule has 0 unspecified atom stereocenters. The van der Waals surface area contributed by atoms with E-state index in [-0.39, 0.29) is 23.7 Å². The molecule has 0 fully saturated rings. The van der Waals surface area contributed by atoms with E-state index in [0.717, 1.165) is 0 Å². The lowest BCUT2D eigenvalue weighted by Gasteiger charge is -2.27. The zero-order valence-corrected chi connectivity index (χ0v) is 22.2. The fourth-order valence-electron chi connectivity index (χ4n) is 3.38. The van der Waals surface area contributed by atoms with E-state index in [1.54, 1.807) is 45.9 Å². The van der Waals surface area contributed by atoms with Gasteiger partial charge in [0.15, 0.2) is 0 Å². The minimum atomic E-state index is -0.994. The highest BCUT2D eigenvalue weighted by Crippen LogP contribution is 2.08. The molecule has 0 aromatic carbocycles. The van der Waals surface area contributed by atoms with Gasteiger partial charge < -0.3 is 31.3 Å². The van der Waals surface area contributed by atoms with Crippen LogP contribution in [-0.2, 0) is 23.9 Å². The molecule has 5 N–H and O–H groups in total. The smallest absolute Gasteiger partial charge is 0.328 e. The molecule has 1 aliphatic heterocycles. The van der Waals surface area contributed by atoms with Gasteiger partial charge in [0.1, 0.15) is 18.1 Å². The molecular weight excluding hydrogens is 466 g/mol. The Bertz CT molecular complexity index is 852. The molecule has 11 nitrogen and oxygen atoms in total. The van der Waals surface area contributed by atoms with Crippen LogP contribution in [0.1, 0.15) is 48.0 Å². The monoisotopic (exact) mass is 507 g/mol. The number of nitrogens with one attached hydrogen (secondary N) is 5. The Morgan fingerprint density at radius 1 is 0.972 bits per heavy atom. The predicted octanol–water partition coefficient (Wildman–Crippen LogP) is 0.766. The molecule has 0 saturated carbocycles. The summed E-state index contributed by atoms with van der Waals surface area (Å²) in [5, 5.41) is 13.5. The van der Waals surface area contributed by atoms with Crippen LogP contribution in [0.25, 0.3) is 0 Å². The summed E-state index contributed by atoms with van der Waals surface area (Å²) in [4.78, 5) is 62.7. The van der Waals surface area contributed by atoms with E-state index in [1.807, 2.05) is 13.8 Å². The van der Waals surface area contributed by atoms with Gasteiger partial charge in [-0.05, 0) is 24.2 Å². The highest BCUT2D eigenvalue weighted by molar-refractivity contribution is 5.94. The van der Waals surface area contributed by atoms with Crippen LogP contribution in [0.5, 0.6) is 0 Å². The predicted molar refractivity (Wildman–Crippen MR) is 136 cm³/mol. The molecule has 0 aromatic rings. The quantitative estimate of drug-likeness (QED) is 0.241. The van der Waals surface area contributed by atoms with Crippen LogP contribution in [0.3, 0.4) is 0 Å². The molecule has 0 radical (unpaired) electrons. The second-order valence-corrected chi connectivity index (χ2v) is 9.72. The van der Waals surface area contributed by atoms with E-state index in [0.29, 0.717) is 13.0 Å². The highest BCUT2D eigenvalue weighted by Gasteiger charge is 2.31. The fourth-order valence-corrected chi connectivity index (χ4v) is 3.38. The van der Waals surface area contributed by atoms with Crippen molar-refractivity contribution in [2.75, 3.05) is 13.7 Å². The molecule has 1 heterocycles. The first-order chi connectivity index (χ1) is 16.9. The summed E-state index contributed by atoms with van der Waals surface area (Å²) < 4.78 is 4.74. The summed E-state index contributed by atoms with van der Waals surface area (Å²) in [5.74, 6) is -2.38. The van der Waals surface area contributed by atoms with Crippen LogP contribution in [0.15, 0.2) is 24.3 Å². The van der Waals surface area contributed by atoms with E-state index in [1.165, 1.54) is 13.2 Å².